The quantitative estimate of drug-likeness (QED) is 0.572. The lowest BCUT2D eigenvalue weighted by molar-refractivity contribution is 0.101. The maximum atomic E-state index is 12.0. The summed E-state index contributed by atoms with van der Waals surface area (Å²) in [5.74, 6) is 0.120. The first-order valence-corrected chi connectivity index (χ1v) is 7.71. The van der Waals surface area contributed by atoms with Gasteiger partial charge >= 0.3 is 0 Å². The molecule has 1 amide bonds. The second-order valence-corrected chi connectivity index (χ2v) is 5.99. The molecule has 0 aliphatic heterocycles. The zero-order valence-corrected chi connectivity index (χ0v) is 13.3. The van der Waals surface area contributed by atoms with Gasteiger partial charge in [-0.3, -0.25) is 4.79 Å². The number of hydrogen-bond acceptors (Lipinski definition) is 3. The van der Waals surface area contributed by atoms with E-state index in [9.17, 15) is 4.79 Å². The Labute approximate surface area is 137 Å². The van der Waals surface area contributed by atoms with Crippen LogP contribution in [0.3, 0.4) is 0 Å². The standard InChI is InChI=1S/C17H15N3O2S/c1-22-11-5-2-4-10(8-11)12-6-3-7-14-13(12)9-15(23-14)16(21)20-17(18)19/h2-9H,1H3,(H4,18,19,20,21). The highest BCUT2D eigenvalue weighted by Gasteiger charge is 2.13. The Morgan fingerprint density at radius 1 is 1.13 bits per heavy atom. The molecule has 0 fully saturated rings. The number of carbonyl (C=O) groups is 1. The summed E-state index contributed by atoms with van der Waals surface area (Å²) in [6.07, 6.45) is 0. The molecule has 116 valence electrons. The van der Waals surface area contributed by atoms with E-state index in [0.717, 1.165) is 27.0 Å². The molecule has 23 heavy (non-hydrogen) atoms. The monoisotopic (exact) mass is 325 g/mol. The predicted molar refractivity (Wildman–Crippen MR) is 94.0 cm³/mol. The van der Waals surface area contributed by atoms with Crippen molar-refractivity contribution in [2.45, 2.75) is 0 Å². The molecule has 0 bridgehead atoms. The molecule has 3 rings (SSSR count). The average Bonchev–Trinajstić information content (AvgIpc) is 2.98. The summed E-state index contributed by atoms with van der Waals surface area (Å²) in [5, 5.41) is 0.986. The molecule has 0 aliphatic rings. The summed E-state index contributed by atoms with van der Waals surface area (Å²) in [5.41, 5.74) is 12.6. The Morgan fingerprint density at radius 2 is 1.91 bits per heavy atom. The van der Waals surface area contributed by atoms with Crippen molar-refractivity contribution < 1.29 is 9.53 Å². The lowest BCUT2D eigenvalue weighted by Crippen LogP contribution is -2.24. The largest absolute Gasteiger partial charge is 0.497 e. The second-order valence-electron chi connectivity index (χ2n) is 4.90. The first kappa shape index (κ1) is 15.1. The summed E-state index contributed by atoms with van der Waals surface area (Å²) in [4.78, 5) is 16.1. The van der Waals surface area contributed by atoms with Gasteiger partial charge in [0.05, 0.1) is 12.0 Å². The van der Waals surface area contributed by atoms with E-state index in [1.165, 1.54) is 11.3 Å². The molecule has 0 atom stereocenters. The number of guanidine groups is 1. The smallest absolute Gasteiger partial charge is 0.290 e. The van der Waals surface area contributed by atoms with Gasteiger partial charge in [-0.2, -0.15) is 4.99 Å². The van der Waals surface area contributed by atoms with Gasteiger partial charge in [0.1, 0.15) is 5.75 Å². The van der Waals surface area contributed by atoms with Crippen LogP contribution < -0.4 is 16.2 Å². The Kier molecular flexibility index (Phi) is 3.99. The van der Waals surface area contributed by atoms with E-state index in [0.29, 0.717) is 4.88 Å². The van der Waals surface area contributed by atoms with Crippen LogP contribution in [-0.2, 0) is 0 Å². The third kappa shape index (κ3) is 3.02. The molecule has 1 aromatic heterocycles. The fraction of sp³-hybridized carbons (Fsp3) is 0.0588. The molecule has 3 aromatic rings. The molecule has 0 unspecified atom stereocenters. The van der Waals surface area contributed by atoms with Crippen molar-refractivity contribution in [3.63, 3.8) is 0 Å². The fourth-order valence-corrected chi connectivity index (χ4v) is 3.35. The van der Waals surface area contributed by atoms with E-state index in [2.05, 4.69) is 4.99 Å². The predicted octanol–water partition coefficient (Wildman–Crippen LogP) is 2.99. The first-order chi connectivity index (χ1) is 11.1. The summed E-state index contributed by atoms with van der Waals surface area (Å²) in [6, 6.07) is 15.6. The van der Waals surface area contributed by atoms with Crippen LogP contribution in [0, 0.1) is 0 Å². The lowest BCUT2D eigenvalue weighted by Gasteiger charge is -2.06. The van der Waals surface area contributed by atoms with Crippen molar-refractivity contribution in [3.05, 3.63) is 53.4 Å². The summed E-state index contributed by atoms with van der Waals surface area (Å²) in [7, 11) is 1.64. The highest BCUT2D eigenvalue weighted by molar-refractivity contribution is 7.20. The van der Waals surface area contributed by atoms with Gasteiger partial charge in [-0.25, -0.2) is 0 Å². The highest BCUT2D eigenvalue weighted by Crippen LogP contribution is 2.35. The number of fused-ring (bicyclic) bond motifs is 1. The van der Waals surface area contributed by atoms with Gasteiger partial charge in [-0.1, -0.05) is 24.3 Å². The van der Waals surface area contributed by atoms with E-state index in [4.69, 9.17) is 16.2 Å². The minimum Gasteiger partial charge on any atom is -0.497 e. The molecule has 4 N–H and O–H groups in total. The Bertz CT molecular complexity index is 911. The van der Waals surface area contributed by atoms with Crippen LogP contribution in [0.25, 0.3) is 21.2 Å². The van der Waals surface area contributed by atoms with Crippen LogP contribution in [0.4, 0.5) is 0 Å². The van der Waals surface area contributed by atoms with Crippen LogP contribution in [-0.4, -0.2) is 19.0 Å². The van der Waals surface area contributed by atoms with Gasteiger partial charge in [0.2, 0.25) is 0 Å². The van der Waals surface area contributed by atoms with Crippen molar-refractivity contribution in [2.24, 2.45) is 16.5 Å². The number of aliphatic imine (C=N–C) groups is 1. The third-order valence-corrected chi connectivity index (χ3v) is 4.47. The molecule has 0 radical (unpaired) electrons. The summed E-state index contributed by atoms with van der Waals surface area (Å²) < 4.78 is 6.28. The van der Waals surface area contributed by atoms with Crippen LogP contribution in [0.15, 0.2) is 53.5 Å². The topological polar surface area (TPSA) is 90.7 Å². The Hall–Kier alpha value is -2.86. The number of rotatable bonds is 3. The maximum Gasteiger partial charge on any atom is 0.290 e. The molecule has 0 aliphatic carbocycles. The summed E-state index contributed by atoms with van der Waals surface area (Å²) >= 11 is 1.37. The summed E-state index contributed by atoms with van der Waals surface area (Å²) in [6.45, 7) is 0. The maximum absolute atomic E-state index is 12.0. The molecule has 6 heteroatoms. The SMILES string of the molecule is COc1cccc(-c2cccc3sc(C(=O)N=C(N)N)cc23)c1. The number of thiophene rings is 1. The fourth-order valence-electron chi connectivity index (χ4n) is 2.38. The normalized spacial score (nSPS) is 10.5. The molecule has 0 saturated carbocycles. The third-order valence-electron chi connectivity index (χ3n) is 3.38. The number of ether oxygens (including phenoxy) is 1. The van der Waals surface area contributed by atoms with Gasteiger partial charge in [0, 0.05) is 10.1 Å². The molecule has 5 nitrogen and oxygen atoms in total. The molecule has 1 heterocycles. The second kappa shape index (κ2) is 6.10. The van der Waals surface area contributed by atoms with E-state index in [1.54, 1.807) is 7.11 Å². The van der Waals surface area contributed by atoms with Crippen molar-refractivity contribution in [1.29, 1.82) is 0 Å². The minimum atomic E-state index is -0.428. The van der Waals surface area contributed by atoms with Crippen molar-refractivity contribution in [2.75, 3.05) is 7.11 Å². The highest BCUT2D eigenvalue weighted by atomic mass is 32.1. The van der Waals surface area contributed by atoms with Gasteiger partial charge in [0.25, 0.3) is 5.91 Å². The first-order valence-electron chi connectivity index (χ1n) is 6.89. The molecular weight excluding hydrogens is 310 g/mol. The number of nitrogens with two attached hydrogens (primary N) is 2. The van der Waals surface area contributed by atoms with Crippen molar-refractivity contribution in [1.82, 2.24) is 0 Å². The number of benzene rings is 2. The average molecular weight is 325 g/mol. The zero-order valence-electron chi connectivity index (χ0n) is 12.4. The number of methoxy groups -OCH3 is 1. The van der Waals surface area contributed by atoms with E-state index in [-0.39, 0.29) is 5.96 Å². The van der Waals surface area contributed by atoms with Gasteiger partial charge in [0.15, 0.2) is 5.96 Å². The number of carbonyl (C=O) groups excluding carboxylic acids is 1. The zero-order chi connectivity index (χ0) is 16.4. The number of amides is 1. The van der Waals surface area contributed by atoms with Crippen LogP contribution in [0.2, 0.25) is 0 Å². The Morgan fingerprint density at radius 3 is 2.65 bits per heavy atom. The minimum absolute atomic E-state index is 0.236. The lowest BCUT2D eigenvalue weighted by atomic mass is 10.0. The van der Waals surface area contributed by atoms with Gasteiger partial charge in [-0.05, 0) is 35.4 Å². The number of nitrogens with zero attached hydrogens (tertiary/aromatic N) is 1. The Balaban J connectivity index is 2.13. The van der Waals surface area contributed by atoms with Crippen LogP contribution >= 0.6 is 11.3 Å². The van der Waals surface area contributed by atoms with Crippen LogP contribution in [0.1, 0.15) is 9.67 Å². The molecular formula is C17H15N3O2S. The van der Waals surface area contributed by atoms with Crippen LogP contribution in [0.5, 0.6) is 5.75 Å². The molecule has 0 spiro atoms. The van der Waals surface area contributed by atoms with E-state index in [1.807, 2.05) is 48.5 Å². The van der Waals surface area contributed by atoms with Crippen molar-refractivity contribution in [3.8, 4) is 16.9 Å². The molecule has 0 saturated heterocycles. The van der Waals surface area contributed by atoms with E-state index < -0.39 is 5.91 Å². The van der Waals surface area contributed by atoms with Gasteiger partial charge < -0.3 is 16.2 Å². The number of hydrogen-bond donors (Lipinski definition) is 2. The van der Waals surface area contributed by atoms with E-state index >= 15 is 0 Å². The molecule has 2 aromatic carbocycles. The van der Waals surface area contributed by atoms with Gasteiger partial charge in [-0.15, -0.1) is 11.3 Å². The van der Waals surface area contributed by atoms with Crippen molar-refractivity contribution >= 4 is 33.3 Å².